The van der Waals surface area contributed by atoms with Gasteiger partial charge in [0.2, 0.25) is 12.5 Å². The first-order valence-corrected chi connectivity index (χ1v) is 13.2. The first kappa shape index (κ1) is 26.6. The monoisotopic (exact) mass is 540 g/mol. The number of hydrogen-bond acceptors (Lipinski definition) is 9. The van der Waals surface area contributed by atoms with Crippen molar-refractivity contribution < 1.29 is 47.9 Å². The van der Waals surface area contributed by atoms with E-state index in [1.54, 1.807) is 12.1 Å². The number of esters is 2. The fourth-order valence-electron chi connectivity index (χ4n) is 5.75. The van der Waals surface area contributed by atoms with E-state index in [1.807, 2.05) is 12.1 Å². The van der Waals surface area contributed by atoms with Crippen molar-refractivity contribution in [1.82, 2.24) is 0 Å². The van der Waals surface area contributed by atoms with Crippen LogP contribution in [0.25, 0.3) is 0 Å². The number of carbonyl (C=O) groups is 3. The van der Waals surface area contributed by atoms with E-state index in [-0.39, 0.29) is 49.1 Å². The summed E-state index contributed by atoms with van der Waals surface area (Å²) in [6.45, 7) is 0.510. The zero-order valence-corrected chi connectivity index (χ0v) is 22.0. The fourth-order valence-corrected chi connectivity index (χ4v) is 5.75. The summed E-state index contributed by atoms with van der Waals surface area (Å²) in [5.74, 6) is -0.0923. The number of methoxy groups -OCH3 is 2. The Kier molecular flexibility index (Phi) is 7.81. The Morgan fingerprint density at radius 2 is 1.59 bits per heavy atom. The number of fused-ring (bicyclic) bond motifs is 3. The third kappa shape index (κ3) is 5.46. The number of benzene rings is 2. The van der Waals surface area contributed by atoms with Crippen molar-refractivity contribution in [1.29, 1.82) is 0 Å². The molecule has 2 aliphatic heterocycles. The van der Waals surface area contributed by atoms with Gasteiger partial charge in [-0.05, 0) is 60.2 Å². The van der Waals surface area contributed by atoms with Gasteiger partial charge in [0.25, 0.3) is 0 Å². The van der Waals surface area contributed by atoms with E-state index in [9.17, 15) is 14.4 Å². The lowest BCUT2D eigenvalue weighted by Crippen LogP contribution is -2.31. The lowest BCUT2D eigenvalue weighted by Gasteiger charge is -2.34. The molecule has 2 aromatic carbocycles. The van der Waals surface area contributed by atoms with Gasteiger partial charge in [0.15, 0.2) is 23.0 Å². The molecule has 39 heavy (non-hydrogen) atoms. The molecule has 0 unspecified atom stereocenters. The standard InChI is InChI=1S/C29H32O10/c1-34-22-11-17(12-23(35-2)28(22)39-25(32)8-6-4-3-5-7-24(30)31)26-19-13-21-20(37-15-38-21)10-16(19)9-18-14-36-29(33)27(18)26/h10-13,18,26-27H,3-9,14-15H2,1-2H3,(H,30,31)/t18-,26+,27-/m0/s1. The molecule has 2 aromatic rings. The van der Waals surface area contributed by atoms with Crippen molar-refractivity contribution in [2.24, 2.45) is 11.8 Å². The van der Waals surface area contributed by atoms with E-state index in [1.165, 1.54) is 14.2 Å². The Labute approximate surface area is 226 Å². The second-order valence-corrected chi connectivity index (χ2v) is 10.0. The highest BCUT2D eigenvalue weighted by molar-refractivity contribution is 5.79. The third-order valence-corrected chi connectivity index (χ3v) is 7.61. The summed E-state index contributed by atoms with van der Waals surface area (Å²) in [4.78, 5) is 36.2. The van der Waals surface area contributed by atoms with Crippen molar-refractivity contribution >= 4 is 17.9 Å². The number of carbonyl (C=O) groups excluding carboxylic acids is 2. The van der Waals surface area contributed by atoms with Crippen LogP contribution in [0.15, 0.2) is 24.3 Å². The van der Waals surface area contributed by atoms with Crippen LogP contribution in [0.2, 0.25) is 0 Å². The van der Waals surface area contributed by atoms with E-state index in [0.29, 0.717) is 48.9 Å². The quantitative estimate of drug-likeness (QED) is 0.251. The molecule has 0 radical (unpaired) electrons. The molecule has 1 aliphatic carbocycles. The predicted octanol–water partition coefficient (Wildman–Crippen LogP) is 4.24. The molecule has 10 nitrogen and oxygen atoms in total. The van der Waals surface area contributed by atoms with E-state index >= 15 is 0 Å². The first-order valence-electron chi connectivity index (χ1n) is 13.2. The van der Waals surface area contributed by atoms with Crippen LogP contribution in [0.3, 0.4) is 0 Å². The molecule has 208 valence electrons. The highest BCUT2D eigenvalue weighted by Crippen LogP contribution is 2.52. The van der Waals surface area contributed by atoms with E-state index in [4.69, 9.17) is 33.5 Å². The summed E-state index contributed by atoms with van der Waals surface area (Å²) in [7, 11) is 2.97. The Bertz CT molecular complexity index is 1240. The highest BCUT2D eigenvalue weighted by Gasteiger charge is 2.48. The van der Waals surface area contributed by atoms with E-state index in [0.717, 1.165) is 29.5 Å². The van der Waals surface area contributed by atoms with Gasteiger partial charge < -0.3 is 33.5 Å². The van der Waals surface area contributed by atoms with Crippen LogP contribution in [0.1, 0.15) is 61.1 Å². The highest BCUT2D eigenvalue weighted by atomic mass is 16.7. The number of unbranched alkanes of at least 4 members (excludes halogenated alkanes) is 3. The van der Waals surface area contributed by atoms with Gasteiger partial charge in [0.1, 0.15) is 0 Å². The summed E-state index contributed by atoms with van der Waals surface area (Å²) < 4.78 is 33.6. The normalized spacial score (nSPS) is 20.6. The number of carboxylic acids is 1. The minimum atomic E-state index is -0.819. The van der Waals surface area contributed by atoms with Crippen LogP contribution in [0.4, 0.5) is 0 Å². The predicted molar refractivity (Wildman–Crippen MR) is 137 cm³/mol. The molecule has 1 N–H and O–H groups in total. The number of rotatable bonds is 11. The molecule has 2 heterocycles. The van der Waals surface area contributed by atoms with Gasteiger partial charge in [-0.25, -0.2) is 0 Å². The van der Waals surface area contributed by atoms with Crippen molar-refractivity contribution in [3.05, 3.63) is 41.0 Å². The first-order chi connectivity index (χ1) is 18.9. The van der Waals surface area contributed by atoms with Gasteiger partial charge in [0, 0.05) is 24.7 Å². The maximum atomic E-state index is 12.9. The van der Waals surface area contributed by atoms with Crippen LogP contribution in [0, 0.1) is 11.8 Å². The number of ether oxygens (including phenoxy) is 6. The average molecular weight is 541 g/mol. The zero-order chi connectivity index (χ0) is 27.5. The molecule has 3 aliphatic rings. The number of cyclic esters (lactones) is 1. The van der Waals surface area contributed by atoms with Crippen molar-refractivity contribution in [3.63, 3.8) is 0 Å². The third-order valence-electron chi connectivity index (χ3n) is 7.61. The van der Waals surface area contributed by atoms with Crippen LogP contribution >= 0.6 is 0 Å². The number of aliphatic carboxylic acids is 1. The number of carboxylic acid groups (broad SMARTS) is 1. The van der Waals surface area contributed by atoms with Gasteiger partial charge in [-0.15, -0.1) is 0 Å². The van der Waals surface area contributed by atoms with Crippen LogP contribution in [-0.2, 0) is 25.5 Å². The van der Waals surface area contributed by atoms with Gasteiger partial charge in [0.05, 0.1) is 26.7 Å². The molecule has 1 saturated heterocycles. The van der Waals surface area contributed by atoms with Crippen molar-refractivity contribution in [2.75, 3.05) is 27.6 Å². The molecule has 0 aromatic heterocycles. The van der Waals surface area contributed by atoms with E-state index < -0.39 is 11.9 Å². The topological polar surface area (TPSA) is 127 Å². The molecular formula is C29H32O10. The van der Waals surface area contributed by atoms with E-state index in [2.05, 4.69) is 0 Å². The maximum absolute atomic E-state index is 12.9. The second-order valence-electron chi connectivity index (χ2n) is 10.0. The van der Waals surface area contributed by atoms with Crippen LogP contribution in [0.5, 0.6) is 28.7 Å². The molecule has 5 rings (SSSR count). The van der Waals surface area contributed by atoms with Crippen LogP contribution in [-0.4, -0.2) is 50.6 Å². The van der Waals surface area contributed by atoms with Crippen molar-refractivity contribution in [3.8, 4) is 28.7 Å². The lowest BCUT2D eigenvalue weighted by atomic mass is 9.67. The molecule has 10 heteroatoms. The smallest absolute Gasteiger partial charge is 0.311 e. The Morgan fingerprint density at radius 1 is 0.923 bits per heavy atom. The largest absolute Gasteiger partial charge is 0.493 e. The Balaban J connectivity index is 1.41. The van der Waals surface area contributed by atoms with Gasteiger partial charge in [-0.1, -0.05) is 12.8 Å². The maximum Gasteiger partial charge on any atom is 0.311 e. The number of hydrogen-bond donors (Lipinski definition) is 1. The second kappa shape index (κ2) is 11.4. The minimum Gasteiger partial charge on any atom is -0.493 e. The zero-order valence-electron chi connectivity index (χ0n) is 22.0. The van der Waals surface area contributed by atoms with Gasteiger partial charge >= 0.3 is 17.9 Å². The molecule has 0 bridgehead atoms. The lowest BCUT2D eigenvalue weighted by molar-refractivity contribution is -0.141. The Hall–Kier alpha value is -3.95. The molecule has 0 saturated carbocycles. The molecule has 0 spiro atoms. The SMILES string of the molecule is COc1cc([C@@H]2c3cc4c(cc3C[C@H]3COC(=O)[C@@H]32)OCO4)cc(OC)c1OC(=O)CCCCCCC(=O)O. The molecular weight excluding hydrogens is 508 g/mol. The molecule has 3 atom stereocenters. The van der Waals surface area contributed by atoms with Gasteiger partial charge in [-0.2, -0.15) is 0 Å². The average Bonchev–Trinajstić information content (AvgIpc) is 3.53. The summed E-state index contributed by atoms with van der Waals surface area (Å²) in [6.07, 6.45) is 3.62. The minimum absolute atomic E-state index is 0.0142. The summed E-state index contributed by atoms with van der Waals surface area (Å²) in [5, 5.41) is 8.74. The Morgan fingerprint density at radius 3 is 2.26 bits per heavy atom. The summed E-state index contributed by atoms with van der Waals surface area (Å²) in [5.41, 5.74) is 2.80. The summed E-state index contributed by atoms with van der Waals surface area (Å²) in [6, 6.07) is 7.48. The van der Waals surface area contributed by atoms with Crippen molar-refractivity contribution in [2.45, 2.75) is 50.9 Å². The molecule has 1 fully saturated rings. The van der Waals surface area contributed by atoms with Crippen LogP contribution < -0.4 is 23.7 Å². The molecule has 0 amide bonds. The summed E-state index contributed by atoms with van der Waals surface area (Å²) >= 11 is 0. The fraction of sp³-hybridized carbons (Fsp3) is 0.483. The van der Waals surface area contributed by atoms with Gasteiger partial charge in [-0.3, -0.25) is 14.4 Å².